The first-order valence-corrected chi connectivity index (χ1v) is 11.9. The van der Waals surface area contributed by atoms with Crippen molar-refractivity contribution < 1.29 is 19.1 Å². The summed E-state index contributed by atoms with van der Waals surface area (Å²) >= 11 is 0. The summed E-state index contributed by atoms with van der Waals surface area (Å²) < 4.78 is 12.4. The molecule has 2 heterocycles. The lowest BCUT2D eigenvalue weighted by atomic mass is 9.94. The van der Waals surface area contributed by atoms with Crippen LogP contribution in [0.25, 0.3) is 11.3 Å². The highest BCUT2D eigenvalue weighted by molar-refractivity contribution is 6.00. The third kappa shape index (κ3) is 5.22. The highest BCUT2D eigenvalue weighted by atomic mass is 16.5. The summed E-state index contributed by atoms with van der Waals surface area (Å²) in [6, 6.07) is 19.0. The van der Waals surface area contributed by atoms with Gasteiger partial charge in [-0.2, -0.15) is 5.10 Å². The van der Waals surface area contributed by atoms with E-state index >= 15 is 0 Å². The van der Waals surface area contributed by atoms with Crippen LogP contribution in [0.1, 0.15) is 36.3 Å². The fourth-order valence-electron chi connectivity index (χ4n) is 4.33. The highest BCUT2D eigenvalue weighted by Gasteiger charge is 2.47. The van der Waals surface area contributed by atoms with Crippen LogP contribution in [0.4, 0.5) is 0 Å². The van der Waals surface area contributed by atoms with Crippen LogP contribution in [0.3, 0.4) is 0 Å². The van der Waals surface area contributed by atoms with Gasteiger partial charge in [-0.15, -0.1) is 0 Å². The number of ether oxygens (including phenoxy) is 2. The van der Waals surface area contributed by atoms with Gasteiger partial charge in [0.15, 0.2) is 0 Å². The number of carbonyl (C=O) groups excluding carboxylic acids is 2. The van der Waals surface area contributed by atoms with Crippen molar-refractivity contribution in [3.05, 3.63) is 71.9 Å². The van der Waals surface area contributed by atoms with E-state index in [9.17, 15) is 9.59 Å². The lowest BCUT2D eigenvalue weighted by molar-refractivity contribution is -0.133. The van der Waals surface area contributed by atoms with Crippen molar-refractivity contribution in [3.63, 3.8) is 0 Å². The Morgan fingerprint density at radius 2 is 1.89 bits per heavy atom. The minimum atomic E-state index is -1.09. The van der Waals surface area contributed by atoms with E-state index in [2.05, 4.69) is 5.32 Å². The minimum absolute atomic E-state index is 0.210. The van der Waals surface area contributed by atoms with Crippen LogP contribution >= 0.6 is 0 Å². The van der Waals surface area contributed by atoms with Crippen molar-refractivity contribution in [2.24, 2.45) is 0 Å². The molecule has 0 radical (unpaired) electrons. The van der Waals surface area contributed by atoms with Gasteiger partial charge in [0.25, 0.3) is 5.91 Å². The van der Waals surface area contributed by atoms with E-state index in [0.717, 1.165) is 16.9 Å². The van der Waals surface area contributed by atoms with Gasteiger partial charge in [-0.1, -0.05) is 30.3 Å². The molecule has 1 aliphatic rings. The van der Waals surface area contributed by atoms with Crippen LogP contribution in [0, 0.1) is 0 Å². The number of fused-ring (bicyclic) bond motifs is 1. The van der Waals surface area contributed by atoms with E-state index in [1.54, 1.807) is 22.8 Å². The lowest BCUT2D eigenvalue weighted by Gasteiger charge is -2.43. The van der Waals surface area contributed by atoms with Crippen molar-refractivity contribution in [2.45, 2.75) is 38.9 Å². The predicted molar refractivity (Wildman–Crippen MR) is 133 cm³/mol. The zero-order valence-corrected chi connectivity index (χ0v) is 20.5. The molecular formula is C27H32N4O4. The Morgan fingerprint density at radius 3 is 2.57 bits per heavy atom. The first-order chi connectivity index (χ1) is 17.0. The molecule has 0 aliphatic carbocycles. The number of rotatable bonds is 10. The van der Waals surface area contributed by atoms with E-state index < -0.39 is 5.54 Å². The van der Waals surface area contributed by atoms with Crippen LogP contribution in [-0.4, -0.2) is 58.9 Å². The van der Waals surface area contributed by atoms with Crippen LogP contribution in [0.2, 0.25) is 0 Å². The van der Waals surface area contributed by atoms with E-state index in [1.165, 1.54) is 0 Å². The third-order valence-corrected chi connectivity index (χ3v) is 6.34. The van der Waals surface area contributed by atoms with E-state index in [0.29, 0.717) is 44.1 Å². The first kappa shape index (κ1) is 24.5. The van der Waals surface area contributed by atoms with Gasteiger partial charge in [0.1, 0.15) is 17.0 Å². The summed E-state index contributed by atoms with van der Waals surface area (Å²) in [7, 11) is 1.62. The molecule has 0 saturated heterocycles. The number of hydrogen-bond donors (Lipinski definition) is 1. The standard InChI is InChI=1S/C27H32N4O4/c1-4-35-16-8-15-30-25(32)24-17-23(21-11-13-22(34-3)14-12-21)29-31(24)19-27(30,2)26(33)28-18-20-9-6-5-7-10-20/h5-7,9-14,17H,4,8,15-16,18-19H2,1-3H3,(H,28,33)/t27-/m0/s1. The number of amides is 2. The molecule has 3 aromatic rings. The van der Waals surface area contributed by atoms with E-state index in [-0.39, 0.29) is 18.4 Å². The molecule has 2 amide bonds. The maximum atomic E-state index is 13.6. The van der Waals surface area contributed by atoms with Gasteiger partial charge >= 0.3 is 0 Å². The molecule has 1 N–H and O–H groups in total. The molecule has 8 heteroatoms. The molecule has 8 nitrogen and oxygen atoms in total. The summed E-state index contributed by atoms with van der Waals surface area (Å²) in [6.07, 6.45) is 0.639. The number of nitrogens with one attached hydrogen (secondary N) is 1. The van der Waals surface area contributed by atoms with Gasteiger partial charge < -0.3 is 19.7 Å². The monoisotopic (exact) mass is 476 g/mol. The second-order valence-electron chi connectivity index (χ2n) is 8.75. The zero-order chi connectivity index (χ0) is 24.8. The zero-order valence-electron chi connectivity index (χ0n) is 20.5. The molecule has 1 aromatic heterocycles. The Hall–Kier alpha value is -3.65. The van der Waals surface area contributed by atoms with Gasteiger partial charge in [0, 0.05) is 31.9 Å². The van der Waals surface area contributed by atoms with Crippen LogP contribution in [0.15, 0.2) is 60.7 Å². The number of methoxy groups -OCH3 is 1. The van der Waals surface area contributed by atoms with Gasteiger partial charge in [0.2, 0.25) is 5.91 Å². The van der Waals surface area contributed by atoms with Gasteiger partial charge in [-0.3, -0.25) is 14.3 Å². The summed E-state index contributed by atoms with van der Waals surface area (Å²) in [5.41, 5.74) is 1.93. The summed E-state index contributed by atoms with van der Waals surface area (Å²) in [6.45, 7) is 5.95. The second-order valence-corrected chi connectivity index (χ2v) is 8.75. The van der Waals surface area contributed by atoms with Crippen LogP contribution in [0.5, 0.6) is 5.75 Å². The van der Waals surface area contributed by atoms with Gasteiger partial charge in [-0.25, -0.2) is 0 Å². The van der Waals surface area contributed by atoms with Crippen molar-refractivity contribution >= 4 is 11.8 Å². The molecule has 184 valence electrons. The predicted octanol–water partition coefficient (Wildman–Crippen LogP) is 3.52. The molecule has 1 aliphatic heterocycles. The molecule has 4 rings (SSSR count). The number of nitrogens with zero attached hydrogens (tertiary/aromatic N) is 3. The van der Waals surface area contributed by atoms with Crippen molar-refractivity contribution in [1.29, 1.82) is 0 Å². The number of carbonyl (C=O) groups is 2. The van der Waals surface area contributed by atoms with Crippen molar-refractivity contribution in [2.75, 3.05) is 26.9 Å². The van der Waals surface area contributed by atoms with Crippen LogP contribution in [-0.2, 0) is 22.6 Å². The van der Waals surface area contributed by atoms with Crippen molar-refractivity contribution in [3.8, 4) is 17.0 Å². The summed E-state index contributed by atoms with van der Waals surface area (Å²) in [5, 5.41) is 7.72. The largest absolute Gasteiger partial charge is 0.497 e. The second kappa shape index (κ2) is 10.7. The average Bonchev–Trinajstić information content (AvgIpc) is 3.31. The fourth-order valence-corrected chi connectivity index (χ4v) is 4.33. The van der Waals surface area contributed by atoms with Crippen molar-refractivity contribution in [1.82, 2.24) is 20.0 Å². The molecule has 0 fully saturated rings. The Morgan fingerprint density at radius 1 is 1.14 bits per heavy atom. The molecule has 1 atom stereocenters. The minimum Gasteiger partial charge on any atom is -0.497 e. The number of aromatic nitrogens is 2. The molecule has 2 aromatic carbocycles. The van der Waals surface area contributed by atoms with E-state index in [1.807, 2.05) is 68.4 Å². The number of benzene rings is 2. The fraction of sp³-hybridized carbons (Fsp3) is 0.370. The first-order valence-electron chi connectivity index (χ1n) is 11.9. The highest BCUT2D eigenvalue weighted by Crippen LogP contribution is 2.31. The van der Waals surface area contributed by atoms with Gasteiger partial charge in [-0.05, 0) is 56.2 Å². The Kier molecular flexibility index (Phi) is 7.51. The average molecular weight is 477 g/mol. The lowest BCUT2D eigenvalue weighted by Crippen LogP contribution is -2.64. The molecule has 0 unspecified atom stereocenters. The van der Waals surface area contributed by atoms with E-state index in [4.69, 9.17) is 14.6 Å². The van der Waals surface area contributed by atoms with Gasteiger partial charge in [0.05, 0.1) is 19.3 Å². The maximum absolute atomic E-state index is 13.6. The maximum Gasteiger partial charge on any atom is 0.273 e. The Bertz CT molecular complexity index is 1160. The molecular weight excluding hydrogens is 444 g/mol. The number of hydrogen-bond acceptors (Lipinski definition) is 5. The smallest absolute Gasteiger partial charge is 0.273 e. The quantitative estimate of drug-likeness (QED) is 0.453. The molecule has 0 spiro atoms. The normalized spacial score (nSPS) is 17.2. The van der Waals surface area contributed by atoms with Crippen LogP contribution < -0.4 is 10.1 Å². The molecule has 35 heavy (non-hydrogen) atoms. The summed E-state index contributed by atoms with van der Waals surface area (Å²) in [4.78, 5) is 28.8. The SMILES string of the molecule is CCOCCCN1C(=O)c2cc(-c3ccc(OC)cc3)nn2C[C@@]1(C)C(=O)NCc1ccccc1. The topological polar surface area (TPSA) is 85.7 Å². The third-order valence-electron chi connectivity index (χ3n) is 6.34. The summed E-state index contributed by atoms with van der Waals surface area (Å²) in [5.74, 6) is 0.326. The molecule has 0 saturated carbocycles. The Balaban J connectivity index is 1.61. The Labute approximate surface area is 205 Å². The molecule has 0 bridgehead atoms.